The van der Waals surface area contributed by atoms with Crippen LogP contribution in [0.5, 0.6) is 11.5 Å². The molecule has 2 aromatic rings. The van der Waals surface area contributed by atoms with E-state index in [1.54, 1.807) is 0 Å². The van der Waals surface area contributed by atoms with Crippen molar-refractivity contribution >= 4 is 41.4 Å². The quantitative estimate of drug-likeness (QED) is 0.513. The average Bonchev–Trinajstić information content (AvgIpc) is 2.37. The summed E-state index contributed by atoms with van der Waals surface area (Å²) in [6.07, 6.45) is 0. The highest BCUT2D eigenvalue weighted by Gasteiger charge is 2.24. The van der Waals surface area contributed by atoms with Crippen LogP contribution in [0.2, 0.25) is 0 Å². The van der Waals surface area contributed by atoms with Gasteiger partial charge in [0.05, 0.1) is 4.90 Å². The second-order valence-electron chi connectivity index (χ2n) is 4.39. The van der Waals surface area contributed by atoms with Gasteiger partial charge in [-0.3, -0.25) is 13.7 Å². The number of hydrogen-bond acceptors (Lipinski definition) is 8. The van der Waals surface area contributed by atoms with E-state index in [-0.39, 0.29) is 0 Å². The van der Waals surface area contributed by atoms with Gasteiger partial charge in [0.1, 0.15) is 4.90 Å². The molecule has 24 heavy (non-hydrogen) atoms. The fourth-order valence-electron chi connectivity index (χ4n) is 1.88. The number of benzene rings is 2. The third-order valence-corrected chi connectivity index (χ3v) is 4.91. The van der Waals surface area contributed by atoms with Crippen molar-refractivity contribution in [3.8, 4) is 11.5 Å². The molecule has 0 unspecified atom stereocenters. The van der Waals surface area contributed by atoms with Gasteiger partial charge in [0.25, 0.3) is 20.2 Å². The number of phenolic OH excluding ortho intramolecular Hbond substituents is 1. The Labute approximate surface area is 135 Å². The Balaban J connectivity index is 2.98. The molecule has 4 N–H and O–H groups in total. The van der Waals surface area contributed by atoms with E-state index in [4.69, 9.17) is 9.11 Å². The lowest BCUT2D eigenvalue weighted by Crippen LogP contribution is -2.08. The highest BCUT2D eigenvalue weighted by molar-refractivity contribution is 7.86. The van der Waals surface area contributed by atoms with E-state index in [1.807, 2.05) is 0 Å². The van der Waals surface area contributed by atoms with E-state index in [0.29, 0.717) is 12.1 Å². The number of aromatic hydroxyl groups is 1. The third-order valence-electron chi connectivity index (χ3n) is 2.78. The Hall–Kier alpha value is -1.97. The first kappa shape index (κ1) is 18.4. The molecule has 14 heteroatoms. The summed E-state index contributed by atoms with van der Waals surface area (Å²) in [6, 6.07) is 2.60. The summed E-state index contributed by atoms with van der Waals surface area (Å²) in [6.45, 7) is 0. The minimum atomic E-state index is -5.13. The molecule has 0 radical (unpaired) electrons. The monoisotopic (exact) mass is 400 g/mol. The lowest BCUT2D eigenvalue weighted by molar-refractivity contribution is 0.371. The van der Waals surface area contributed by atoms with Crippen molar-refractivity contribution < 1.29 is 48.2 Å². The van der Waals surface area contributed by atoms with E-state index in [2.05, 4.69) is 4.18 Å². The molecule has 0 saturated heterocycles. The van der Waals surface area contributed by atoms with E-state index in [9.17, 15) is 34.9 Å². The van der Waals surface area contributed by atoms with Crippen molar-refractivity contribution in [3.63, 3.8) is 0 Å². The zero-order chi connectivity index (χ0) is 18.5. The maximum Gasteiger partial charge on any atom is 0.446 e. The van der Waals surface area contributed by atoms with Gasteiger partial charge < -0.3 is 9.29 Å². The predicted octanol–water partition coefficient (Wildman–Crippen LogP) is 0.220. The fourth-order valence-corrected chi connectivity index (χ4v) is 3.45. The van der Waals surface area contributed by atoms with Crippen LogP contribution in [0.1, 0.15) is 0 Å². The van der Waals surface area contributed by atoms with Gasteiger partial charge in [0, 0.05) is 16.8 Å². The van der Waals surface area contributed by atoms with Crippen molar-refractivity contribution in [2.45, 2.75) is 9.79 Å². The summed E-state index contributed by atoms with van der Waals surface area (Å²) >= 11 is 0. The van der Waals surface area contributed by atoms with Gasteiger partial charge in [-0.05, 0) is 18.2 Å². The summed E-state index contributed by atoms with van der Waals surface area (Å²) < 4.78 is 97.4. The third kappa shape index (κ3) is 3.74. The van der Waals surface area contributed by atoms with Gasteiger partial charge in [0.15, 0.2) is 11.5 Å². The Kier molecular flexibility index (Phi) is 4.24. The maximum atomic E-state index is 11.4. The molecular weight excluding hydrogens is 392 g/mol. The Morgan fingerprint density at radius 3 is 1.83 bits per heavy atom. The minimum Gasteiger partial charge on any atom is -0.504 e. The van der Waals surface area contributed by atoms with E-state index in [1.165, 1.54) is 0 Å². The zero-order valence-electron chi connectivity index (χ0n) is 11.2. The summed E-state index contributed by atoms with van der Waals surface area (Å²) in [5.74, 6) is -1.99. The first-order chi connectivity index (χ1) is 10.7. The smallest absolute Gasteiger partial charge is 0.446 e. The zero-order valence-corrected chi connectivity index (χ0v) is 13.6. The first-order valence-electron chi connectivity index (χ1n) is 5.62. The van der Waals surface area contributed by atoms with Crippen LogP contribution in [-0.2, 0) is 30.6 Å². The number of fused-ring (bicyclic) bond motifs is 1. The second kappa shape index (κ2) is 5.54. The van der Waals surface area contributed by atoms with Gasteiger partial charge in [-0.2, -0.15) is 25.3 Å². The first-order valence-corrected chi connectivity index (χ1v) is 9.86. The SMILES string of the molecule is O=S(=O)(O)Oc1cc(S(=O)(=O)O)c2cc(S(=O)(=O)O)ccc2c1O. The Morgan fingerprint density at radius 1 is 0.792 bits per heavy atom. The Bertz CT molecular complexity index is 1140. The molecule has 0 bridgehead atoms. The summed E-state index contributed by atoms with van der Waals surface area (Å²) in [4.78, 5) is -1.78. The molecule has 0 spiro atoms. The summed E-state index contributed by atoms with van der Waals surface area (Å²) in [7, 11) is -14.9. The van der Waals surface area contributed by atoms with Crippen LogP contribution in [0.3, 0.4) is 0 Å². The van der Waals surface area contributed by atoms with Crippen LogP contribution >= 0.6 is 0 Å². The Morgan fingerprint density at radius 2 is 1.38 bits per heavy atom. The average molecular weight is 400 g/mol. The van der Waals surface area contributed by atoms with Gasteiger partial charge in [-0.1, -0.05) is 0 Å². The van der Waals surface area contributed by atoms with Crippen molar-refractivity contribution in [2.24, 2.45) is 0 Å². The molecule has 0 aliphatic carbocycles. The van der Waals surface area contributed by atoms with E-state index >= 15 is 0 Å². The molecule has 2 aromatic carbocycles. The van der Waals surface area contributed by atoms with Crippen molar-refractivity contribution in [3.05, 3.63) is 24.3 Å². The number of rotatable bonds is 4. The van der Waals surface area contributed by atoms with E-state index < -0.39 is 62.7 Å². The molecular formula is C10H8O11S3. The van der Waals surface area contributed by atoms with Gasteiger partial charge >= 0.3 is 10.4 Å². The highest BCUT2D eigenvalue weighted by atomic mass is 32.3. The minimum absolute atomic E-state index is 0.356. The van der Waals surface area contributed by atoms with Crippen LogP contribution in [0.25, 0.3) is 10.8 Å². The van der Waals surface area contributed by atoms with Crippen LogP contribution in [0.4, 0.5) is 0 Å². The second-order valence-corrected chi connectivity index (χ2v) is 8.22. The summed E-state index contributed by atoms with van der Waals surface area (Å²) in [5.41, 5.74) is 0. The molecule has 0 saturated carbocycles. The van der Waals surface area contributed by atoms with Crippen LogP contribution in [0.15, 0.2) is 34.1 Å². The van der Waals surface area contributed by atoms with Crippen LogP contribution in [-0.4, -0.2) is 44.0 Å². The maximum absolute atomic E-state index is 11.4. The molecule has 0 atom stereocenters. The van der Waals surface area contributed by atoms with Gasteiger partial charge in [-0.15, -0.1) is 0 Å². The molecule has 132 valence electrons. The molecule has 0 aliphatic rings. The normalized spacial score (nSPS) is 13.1. The van der Waals surface area contributed by atoms with Crippen molar-refractivity contribution in [1.82, 2.24) is 0 Å². The fraction of sp³-hybridized carbons (Fsp3) is 0. The molecule has 0 amide bonds. The van der Waals surface area contributed by atoms with Gasteiger partial charge in [0.2, 0.25) is 0 Å². The number of phenols is 1. The molecule has 11 nitrogen and oxygen atoms in total. The van der Waals surface area contributed by atoms with Crippen molar-refractivity contribution in [2.75, 3.05) is 0 Å². The number of hydrogen-bond donors (Lipinski definition) is 4. The van der Waals surface area contributed by atoms with Gasteiger partial charge in [-0.25, -0.2) is 0 Å². The molecule has 0 aromatic heterocycles. The molecule has 0 fully saturated rings. The van der Waals surface area contributed by atoms with E-state index in [0.717, 1.165) is 12.1 Å². The topological polar surface area (TPSA) is 193 Å². The van der Waals surface area contributed by atoms with Crippen LogP contribution in [0, 0.1) is 0 Å². The highest BCUT2D eigenvalue weighted by Crippen LogP contribution is 2.40. The lowest BCUT2D eigenvalue weighted by atomic mass is 10.1. The molecule has 0 aliphatic heterocycles. The van der Waals surface area contributed by atoms with Crippen molar-refractivity contribution in [1.29, 1.82) is 0 Å². The molecule has 2 rings (SSSR count). The molecule has 0 heterocycles. The largest absolute Gasteiger partial charge is 0.504 e. The standard InChI is InChI=1S/C10H8O11S3/c11-10-6-2-1-5(22(12,13)14)3-7(6)9(23(15,16)17)4-8(10)21-24(18,19)20/h1-4,11H,(H,12,13,14)(H,15,16,17)(H,18,19,20). The predicted molar refractivity (Wildman–Crippen MR) is 77.4 cm³/mol. The lowest BCUT2D eigenvalue weighted by Gasteiger charge is -2.11. The summed E-state index contributed by atoms with van der Waals surface area (Å²) in [5, 5.41) is 8.93. The van der Waals surface area contributed by atoms with Crippen LogP contribution < -0.4 is 4.18 Å².